The van der Waals surface area contributed by atoms with Crippen molar-refractivity contribution in [2.24, 2.45) is 5.73 Å². The molecule has 0 radical (unpaired) electrons. The van der Waals surface area contributed by atoms with E-state index in [4.69, 9.17) is 10.8 Å². The molecule has 92 valence electrons. The van der Waals surface area contributed by atoms with Crippen LogP contribution in [0.25, 0.3) is 11.4 Å². The summed E-state index contributed by atoms with van der Waals surface area (Å²) in [6.07, 6.45) is 3.67. The molecule has 0 fully saturated rings. The summed E-state index contributed by atoms with van der Waals surface area (Å²) < 4.78 is 0. The molecule has 1 atom stereocenters. The predicted octanol–water partition coefficient (Wildman–Crippen LogP) is 1.10. The third-order valence-corrected chi connectivity index (χ3v) is 2.55. The minimum atomic E-state index is -0.995. The van der Waals surface area contributed by atoms with E-state index in [1.807, 2.05) is 24.3 Å². The molecule has 0 saturated carbocycles. The first-order valence-corrected chi connectivity index (χ1v) is 5.51. The van der Waals surface area contributed by atoms with Gasteiger partial charge in [-0.05, 0) is 18.1 Å². The zero-order valence-corrected chi connectivity index (χ0v) is 9.65. The highest BCUT2D eigenvalue weighted by Crippen LogP contribution is 2.15. The Labute approximate surface area is 104 Å². The van der Waals surface area contributed by atoms with Gasteiger partial charge in [-0.2, -0.15) is 0 Å². The topological polar surface area (TPSA) is 89.1 Å². The maximum atomic E-state index is 10.6. The van der Waals surface area contributed by atoms with Crippen LogP contribution in [0.4, 0.5) is 0 Å². The van der Waals surface area contributed by atoms with E-state index in [2.05, 4.69) is 9.97 Å². The van der Waals surface area contributed by atoms with E-state index in [1.165, 1.54) is 0 Å². The SMILES string of the molecule is NC(Cc1ccc(-c2ncccn2)cc1)C(=O)O. The van der Waals surface area contributed by atoms with Crippen molar-refractivity contribution < 1.29 is 9.90 Å². The molecule has 0 saturated heterocycles. The summed E-state index contributed by atoms with van der Waals surface area (Å²) in [5.41, 5.74) is 7.24. The molecule has 0 aliphatic heterocycles. The molecule has 0 aliphatic rings. The molecule has 1 unspecified atom stereocenters. The number of hydrogen-bond acceptors (Lipinski definition) is 4. The molecule has 0 bridgehead atoms. The number of nitrogens with zero attached hydrogens (tertiary/aromatic N) is 2. The van der Waals surface area contributed by atoms with Crippen molar-refractivity contribution in [1.29, 1.82) is 0 Å². The van der Waals surface area contributed by atoms with Crippen molar-refractivity contribution in [2.75, 3.05) is 0 Å². The summed E-state index contributed by atoms with van der Waals surface area (Å²) in [7, 11) is 0. The monoisotopic (exact) mass is 243 g/mol. The van der Waals surface area contributed by atoms with Gasteiger partial charge in [0.2, 0.25) is 0 Å². The van der Waals surface area contributed by atoms with Gasteiger partial charge in [-0.25, -0.2) is 9.97 Å². The molecule has 2 aromatic rings. The van der Waals surface area contributed by atoms with Gasteiger partial charge in [-0.15, -0.1) is 0 Å². The smallest absolute Gasteiger partial charge is 0.320 e. The molecule has 5 heteroatoms. The maximum absolute atomic E-state index is 10.6. The van der Waals surface area contributed by atoms with Crippen LogP contribution in [0, 0.1) is 0 Å². The quantitative estimate of drug-likeness (QED) is 0.839. The van der Waals surface area contributed by atoms with Gasteiger partial charge in [0.05, 0.1) is 0 Å². The van der Waals surface area contributed by atoms with E-state index in [-0.39, 0.29) is 0 Å². The Bertz CT molecular complexity index is 526. The van der Waals surface area contributed by atoms with Gasteiger partial charge in [0.25, 0.3) is 0 Å². The Morgan fingerprint density at radius 3 is 2.39 bits per heavy atom. The molecule has 1 aromatic carbocycles. The second kappa shape index (κ2) is 5.37. The molecule has 0 amide bonds. The summed E-state index contributed by atoms with van der Waals surface area (Å²) in [5, 5.41) is 8.73. The number of aromatic nitrogens is 2. The Morgan fingerprint density at radius 1 is 1.22 bits per heavy atom. The van der Waals surface area contributed by atoms with Crippen molar-refractivity contribution in [3.63, 3.8) is 0 Å². The fourth-order valence-electron chi connectivity index (χ4n) is 1.58. The lowest BCUT2D eigenvalue weighted by Gasteiger charge is -2.07. The molecule has 18 heavy (non-hydrogen) atoms. The van der Waals surface area contributed by atoms with Gasteiger partial charge < -0.3 is 10.8 Å². The fraction of sp³-hybridized carbons (Fsp3) is 0.154. The molecule has 0 aliphatic carbocycles. The lowest BCUT2D eigenvalue weighted by atomic mass is 10.0. The van der Waals surface area contributed by atoms with Crippen molar-refractivity contribution in [3.05, 3.63) is 48.3 Å². The van der Waals surface area contributed by atoms with Gasteiger partial charge in [0, 0.05) is 18.0 Å². The molecule has 2 rings (SSSR count). The lowest BCUT2D eigenvalue weighted by Crippen LogP contribution is -2.32. The first-order chi connectivity index (χ1) is 8.66. The first kappa shape index (κ1) is 12.2. The van der Waals surface area contributed by atoms with Crippen LogP contribution in [-0.4, -0.2) is 27.1 Å². The van der Waals surface area contributed by atoms with Crippen LogP contribution >= 0.6 is 0 Å². The fourth-order valence-corrected chi connectivity index (χ4v) is 1.58. The third-order valence-electron chi connectivity index (χ3n) is 2.55. The van der Waals surface area contributed by atoms with Crippen LogP contribution in [0.3, 0.4) is 0 Å². The van der Waals surface area contributed by atoms with Crippen LogP contribution in [0.15, 0.2) is 42.7 Å². The summed E-state index contributed by atoms with van der Waals surface area (Å²) >= 11 is 0. The lowest BCUT2D eigenvalue weighted by molar-refractivity contribution is -0.138. The van der Waals surface area contributed by atoms with E-state index in [0.29, 0.717) is 12.2 Å². The van der Waals surface area contributed by atoms with Crippen molar-refractivity contribution in [1.82, 2.24) is 9.97 Å². The second-order valence-electron chi connectivity index (χ2n) is 3.92. The van der Waals surface area contributed by atoms with Crippen LogP contribution in [0.2, 0.25) is 0 Å². The van der Waals surface area contributed by atoms with Crippen LogP contribution in [0.5, 0.6) is 0 Å². The first-order valence-electron chi connectivity index (χ1n) is 5.51. The highest BCUT2D eigenvalue weighted by molar-refractivity contribution is 5.73. The molecule has 1 aromatic heterocycles. The Kier molecular flexibility index (Phi) is 3.64. The van der Waals surface area contributed by atoms with Crippen molar-refractivity contribution in [3.8, 4) is 11.4 Å². The Morgan fingerprint density at radius 2 is 1.83 bits per heavy atom. The summed E-state index contributed by atoms with van der Waals surface area (Å²) in [6, 6.07) is 8.29. The Balaban J connectivity index is 2.13. The van der Waals surface area contributed by atoms with Gasteiger partial charge in [0.15, 0.2) is 5.82 Å². The number of aliphatic carboxylic acids is 1. The third kappa shape index (κ3) is 2.89. The van der Waals surface area contributed by atoms with Crippen LogP contribution in [0.1, 0.15) is 5.56 Å². The normalized spacial score (nSPS) is 12.1. The number of nitrogens with two attached hydrogens (primary N) is 1. The number of carbonyl (C=O) groups is 1. The zero-order valence-electron chi connectivity index (χ0n) is 9.65. The highest BCUT2D eigenvalue weighted by Gasteiger charge is 2.11. The second-order valence-corrected chi connectivity index (χ2v) is 3.92. The van der Waals surface area contributed by atoms with E-state index < -0.39 is 12.0 Å². The average Bonchev–Trinajstić information content (AvgIpc) is 2.40. The molecule has 5 nitrogen and oxygen atoms in total. The van der Waals surface area contributed by atoms with Crippen molar-refractivity contribution in [2.45, 2.75) is 12.5 Å². The van der Waals surface area contributed by atoms with Gasteiger partial charge in [-0.3, -0.25) is 4.79 Å². The van der Waals surface area contributed by atoms with Crippen LogP contribution < -0.4 is 5.73 Å². The van der Waals surface area contributed by atoms with E-state index in [0.717, 1.165) is 11.1 Å². The zero-order chi connectivity index (χ0) is 13.0. The number of carboxylic acids is 1. The van der Waals surface area contributed by atoms with Gasteiger partial charge in [-0.1, -0.05) is 24.3 Å². The largest absolute Gasteiger partial charge is 0.480 e. The van der Waals surface area contributed by atoms with E-state index in [9.17, 15) is 4.79 Å². The van der Waals surface area contributed by atoms with E-state index in [1.54, 1.807) is 18.5 Å². The summed E-state index contributed by atoms with van der Waals surface area (Å²) in [4.78, 5) is 18.9. The number of carboxylic acid groups (broad SMARTS) is 1. The number of hydrogen-bond donors (Lipinski definition) is 2. The predicted molar refractivity (Wildman–Crippen MR) is 66.8 cm³/mol. The molecule has 1 heterocycles. The molecular formula is C13H13N3O2. The minimum absolute atomic E-state index is 0.311. The maximum Gasteiger partial charge on any atom is 0.320 e. The van der Waals surface area contributed by atoms with Crippen molar-refractivity contribution >= 4 is 5.97 Å². The number of benzene rings is 1. The Hall–Kier alpha value is -2.27. The minimum Gasteiger partial charge on any atom is -0.480 e. The standard InChI is InChI=1S/C13H13N3O2/c14-11(13(17)18)8-9-2-4-10(5-3-9)12-15-6-1-7-16-12/h1-7,11H,8,14H2,(H,17,18). The summed E-state index contributed by atoms with van der Waals surface area (Å²) in [5.74, 6) is -0.350. The van der Waals surface area contributed by atoms with E-state index >= 15 is 0 Å². The van der Waals surface area contributed by atoms with Crippen LogP contribution in [-0.2, 0) is 11.2 Å². The summed E-state index contributed by atoms with van der Waals surface area (Å²) in [6.45, 7) is 0. The van der Waals surface area contributed by atoms with Gasteiger partial charge in [0.1, 0.15) is 6.04 Å². The average molecular weight is 243 g/mol. The molecule has 3 N–H and O–H groups in total. The highest BCUT2D eigenvalue weighted by atomic mass is 16.4. The molecular weight excluding hydrogens is 230 g/mol. The molecule has 0 spiro atoms. The number of rotatable bonds is 4. The van der Waals surface area contributed by atoms with Gasteiger partial charge >= 0.3 is 5.97 Å².